The molecule has 1 amide bonds. The zero-order chi connectivity index (χ0) is 14.3. The first-order valence-corrected chi connectivity index (χ1v) is 9.26. The zero-order valence-corrected chi connectivity index (χ0v) is 12.7. The summed E-state index contributed by atoms with van der Waals surface area (Å²) in [7, 11) is -3.33. The van der Waals surface area contributed by atoms with Crippen molar-refractivity contribution < 1.29 is 18.4 Å². The number of sulfone groups is 1. The number of nitrogens with one attached hydrogen (secondary N) is 2. The van der Waals surface area contributed by atoms with Crippen LogP contribution < -0.4 is 10.2 Å². The Labute approximate surface area is 118 Å². The fourth-order valence-corrected chi connectivity index (χ4v) is 5.14. The van der Waals surface area contributed by atoms with E-state index in [4.69, 9.17) is 5.21 Å². The summed E-state index contributed by atoms with van der Waals surface area (Å²) in [6.07, 6.45) is 3.63. The molecule has 1 saturated heterocycles. The average Bonchev–Trinajstić information content (AvgIpc) is 2.64. The van der Waals surface area contributed by atoms with Crippen LogP contribution in [0, 0.1) is 0 Å². The fourth-order valence-electron chi connectivity index (χ4n) is 2.13. The van der Waals surface area contributed by atoms with Crippen LogP contribution in [0.25, 0.3) is 0 Å². The Kier molecular flexibility index (Phi) is 7.12. The number of unbranched alkanes of at least 4 members (excludes halogenated alkanes) is 2. The van der Waals surface area contributed by atoms with Crippen molar-refractivity contribution in [1.29, 1.82) is 0 Å². The SMILES string of the molecule is CCCCCS(=O)(=O)C1CCCSNC1C(=O)NO. The fraction of sp³-hybridized carbons (Fsp3) is 0.909. The van der Waals surface area contributed by atoms with Crippen molar-refractivity contribution in [1.82, 2.24) is 10.2 Å². The van der Waals surface area contributed by atoms with Gasteiger partial charge in [-0.1, -0.05) is 31.7 Å². The van der Waals surface area contributed by atoms with E-state index < -0.39 is 27.0 Å². The smallest absolute Gasteiger partial charge is 0.262 e. The molecule has 0 aromatic carbocycles. The highest BCUT2D eigenvalue weighted by atomic mass is 32.2. The van der Waals surface area contributed by atoms with Gasteiger partial charge < -0.3 is 0 Å². The number of amides is 1. The topological polar surface area (TPSA) is 95.5 Å². The molecule has 3 N–H and O–H groups in total. The molecule has 2 unspecified atom stereocenters. The molecule has 0 aromatic heterocycles. The van der Waals surface area contributed by atoms with Gasteiger partial charge in [-0.2, -0.15) is 0 Å². The molecule has 0 aliphatic carbocycles. The summed E-state index contributed by atoms with van der Waals surface area (Å²) < 4.78 is 27.5. The van der Waals surface area contributed by atoms with Gasteiger partial charge in [0, 0.05) is 5.75 Å². The summed E-state index contributed by atoms with van der Waals surface area (Å²) in [6, 6.07) is -0.885. The lowest BCUT2D eigenvalue weighted by atomic mass is 10.1. The summed E-state index contributed by atoms with van der Waals surface area (Å²) in [5.41, 5.74) is 1.55. The van der Waals surface area contributed by atoms with E-state index >= 15 is 0 Å². The number of carbonyl (C=O) groups excluding carboxylic acids is 1. The lowest BCUT2D eigenvalue weighted by Crippen LogP contribution is -2.51. The maximum Gasteiger partial charge on any atom is 0.262 e. The first kappa shape index (κ1) is 16.7. The second-order valence-electron chi connectivity index (χ2n) is 4.67. The molecule has 1 fully saturated rings. The molecule has 0 bridgehead atoms. The van der Waals surface area contributed by atoms with Gasteiger partial charge in [0.05, 0.1) is 11.0 Å². The van der Waals surface area contributed by atoms with Crippen molar-refractivity contribution in [2.75, 3.05) is 11.5 Å². The predicted molar refractivity (Wildman–Crippen MR) is 75.6 cm³/mol. The van der Waals surface area contributed by atoms with Crippen molar-refractivity contribution in [2.24, 2.45) is 0 Å². The molecule has 1 rings (SSSR count). The van der Waals surface area contributed by atoms with Crippen LogP contribution in [0.15, 0.2) is 0 Å². The van der Waals surface area contributed by atoms with E-state index in [1.165, 1.54) is 11.9 Å². The number of hydroxylamine groups is 1. The van der Waals surface area contributed by atoms with Gasteiger partial charge in [-0.15, -0.1) is 0 Å². The molecule has 1 aliphatic rings. The van der Waals surface area contributed by atoms with E-state index in [0.717, 1.165) is 25.0 Å². The first-order valence-electron chi connectivity index (χ1n) is 6.55. The molecule has 6 nitrogen and oxygen atoms in total. The Morgan fingerprint density at radius 2 is 2.21 bits per heavy atom. The minimum absolute atomic E-state index is 0.104. The zero-order valence-electron chi connectivity index (χ0n) is 11.1. The maximum atomic E-state index is 12.3. The van der Waals surface area contributed by atoms with Gasteiger partial charge in [0.25, 0.3) is 5.91 Å². The van der Waals surface area contributed by atoms with Crippen LogP contribution >= 0.6 is 11.9 Å². The molecule has 2 atom stereocenters. The van der Waals surface area contributed by atoms with E-state index in [-0.39, 0.29) is 5.75 Å². The van der Waals surface area contributed by atoms with Crippen LogP contribution in [0.4, 0.5) is 0 Å². The van der Waals surface area contributed by atoms with Crippen LogP contribution in [-0.2, 0) is 14.6 Å². The highest BCUT2D eigenvalue weighted by Crippen LogP contribution is 2.22. The van der Waals surface area contributed by atoms with E-state index in [2.05, 4.69) is 4.72 Å². The Morgan fingerprint density at radius 3 is 2.84 bits per heavy atom. The third kappa shape index (κ3) is 4.94. The molecule has 112 valence electrons. The number of carbonyl (C=O) groups is 1. The molecule has 0 spiro atoms. The van der Waals surface area contributed by atoms with Crippen LogP contribution in [0.5, 0.6) is 0 Å². The quantitative estimate of drug-likeness (QED) is 0.291. The van der Waals surface area contributed by atoms with Crippen molar-refractivity contribution >= 4 is 27.7 Å². The second-order valence-corrected chi connectivity index (χ2v) is 7.95. The van der Waals surface area contributed by atoms with Crippen LogP contribution in [0.2, 0.25) is 0 Å². The molecular weight excluding hydrogens is 288 g/mol. The Balaban J connectivity index is 2.81. The number of hydrogen-bond donors (Lipinski definition) is 3. The standard InChI is InChI=1S/C11H22N2O4S2/c1-2-3-4-8-19(16,17)9-6-5-7-18-13-10(9)11(14)12-15/h9-10,13,15H,2-8H2,1H3,(H,12,14). The number of rotatable bonds is 6. The van der Waals surface area contributed by atoms with E-state index in [1.807, 2.05) is 6.92 Å². The molecule has 0 aromatic rings. The average molecular weight is 310 g/mol. The minimum Gasteiger partial charge on any atom is -0.289 e. The highest BCUT2D eigenvalue weighted by molar-refractivity contribution is 7.97. The monoisotopic (exact) mass is 310 g/mol. The van der Waals surface area contributed by atoms with Gasteiger partial charge in [-0.25, -0.2) is 13.9 Å². The van der Waals surface area contributed by atoms with Crippen LogP contribution in [0.1, 0.15) is 39.0 Å². The Morgan fingerprint density at radius 1 is 1.47 bits per heavy atom. The largest absolute Gasteiger partial charge is 0.289 e. The van der Waals surface area contributed by atoms with Crippen LogP contribution in [0.3, 0.4) is 0 Å². The molecule has 8 heteroatoms. The number of hydrogen-bond acceptors (Lipinski definition) is 6. The maximum absolute atomic E-state index is 12.3. The summed E-state index contributed by atoms with van der Waals surface area (Å²) in [6.45, 7) is 2.01. The third-order valence-corrected chi connectivity index (χ3v) is 6.40. The van der Waals surface area contributed by atoms with Crippen molar-refractivity contribution in [3.8, 4) is 0 Å². The van der Waals surface area contributed by atoms with E-state index in [1.54, 1.807) is 5.48 Å². The Hall–Kier alpha value is -0.310. The minimum atomic E-state index is -3.33. The molecule has 19 heavy (non-hydrogen) atoms. The molecule has 1 heterocycles. The van der Waals surface area contributed by atoms with Gasteiger partial charge >= 0.3 is 0 Å². The molecule has 0 radical (unpaired) electrons. The predicted octanol–water partition coefficient (Wildman–Crippen LogP) is 0.866. The van der Waals surface area contributed by atoms with Gasteiger partial charge in [0.1, 0.15) is 6.04 Å². The van der Waals surface area contributed by atoms with Gasteiger partial charge in [-0.05, 0) is 19.3 Å². The summed E-state index contributed by atoms with van der Waals surface area (Å²) in [4.78, 5) is 11.6. The third-order valence-electron chi connectivity index (χ3n) is 3.20. The van der Waals surface area contributed by atoms with Gasteiger partial charge in [0.2, 0.25) is 0 Å². The van der Waals surface area contributed by atoms with Crippen molar-refractivity contribution in [3.05, 3.63) is 0 Å². The van der Waals surface area contributed by atoms with E-state index in [0.29, 0.717) is 12.8 Å². The Bertz CT molecular complexity index is 386. The normalized spacial score (nSPS) is 24.7. The molecular formula is C11H22N2O4S2. The lowest BCUT2D eigenvalue weighted by molar-refractivity contribution is -0.130. The highest BCUT2D eigenvalue weighted by Gasteiger charge is 2.38. The van der Waals surface area contributed by atoms with E-state index in [9.17, 15) is 13.2 Å². The summed E-state index contributed by atoms with van der Waals surface area (Å²) in [5.74, 6) is 0.182. The van der Waals surface area contributed by atoms with Crippen LogP contribution in [-0.4, -0.2) is 42.3 Å². The molecule has 0 saturated carbocycles. The van der Waals surface area contributed by atoms with Gasteiger partial charge in [0.15, 0.2) is 9.84 Å². The van der Waals surface area contributed by atoms with Crippen molar-refractivity contribution in [3.63, 3.8) is 0 Å². The molecule has 1 aliphatic heterocycles. The van der Waals surface area contributed by atoms with Gasteiger partial charge in [-0.3, -0.25) is 14.7 Å². The van der Waals surface area contributed by atoms with Crippen molar-refractivity contribution in [2.45, 2.75) is 50.3 Å². The lowest BCUT2D eigenvalue weighted by Gasteiger charge is -2.23. The first-order chi connectivity index (χ1) is 9.03. The summed E-state index contributed by atoms with van der Waals surface area (Å²) in [5, 5.41) is 7.98. The summed E-state index contributed by atoms with van der Waals surface area (Å²) >= 11 is 1.33. The second kappa shape index (κ2) is 8.08.